The standard InChI is InChI=1S/C12H26O4/c1-4-5-11(13)6-7-12(14)9-16-10(2)8-15-3/h10-14H,4-9H2,1-3H3. The molecule has 0 heterocycles. The Balaban J connectivity index is 3.46. The Morgan fingerprint density at radius 2 is 1.62 bits per heavy atom. The van der Waals surface area contributed by atoms with Gasteiger partial charge in [0, 0.05) is 7.11 Å². The molecule has 0 rings (SSSR count). The summed E-state index contributed by atoms with van der Waals surface area (Å²) in [6.45, 7) is 4.78. The molecule has 3 atom stereocenters. The molecule has 0 aromatic rings. The Hall–Kier alpha value is -0.160. The summed E-state index contributed by atoms with van der Waals surface area (Å²) in [5, 5.41) is 19.1. The van der Waals surface area contributed by atoms with Gasteiger partial charge in [0.25, 0.3) is 0 Å². The Morgan fingerprint density at radius 3 is 2.19 bits per heavy atom. The molecule has 0 saturated heterocycles. The van der Waals surface area contributed by atoms with Crippen LogP contribution in [0, 0.1) is 0 Å². The molecule has 0 aromatic heterocycles. The topological polar surface area (TPSA) is 58.9 Å². The lowest BCUT2D eigenvalue weighted by molar-refractivity contribution is -0.0365. The van der Waals surface area contributed by atoms with Gasteiger partial charge in [-0.25, -0.2) is 0 Å². The Labute approximate surface area is 98.6 Å². The predicted molar refractivity (Wildman–Crippen MR) is 63.4 cm³/mol. The molecular formula is C12H26O4. The van der Waals surface area contributed by atoms with Gasteiger partial charge in [-0.3, -0.25) is 0 Å². The van der Waals surface area contributed by atoms with E-state index in [1.807, 2.05) is 13.8 Å². The quantitative estimate of drug-likeness (QED) is 0.599. The SMILES string of the molecule is CCCC(O)CCC(O)COC(C)COC. The summed E-state index contributed by atoms with van der Waals surface area (Å²) in [7, 11) is 1.62. The fourth-order valence-electron chi connectivity index (χ4n) is 1.50. The van der Waals surface area contributed by atoms with E-state index < -0.39 is 6.10 Å². The summed E-state index contributed by atoms with van der Waals surface area (Å²) in [4.78, 5) is 0. The van der Waals surface area contributed by atoms with Gasteiger partial charge in [0.05, 0.1) is 31.5 Å². The molecule has 0 bridgehead atoms. The van der Waals surface area contributed by atoms with E-state index >= 15 is 0 Å². The molecule has 0 aliphatic carbocycles. The first-order valence-electron chi connectivity index (χ1n) is 6.06. The first-order valence-corrected chi connectivity index (χ1v) is 6.06. The highest BCUT2D eigenvalue weighted by molar-refractivity contribution is 4.61. The van der Waals surface area contributed by atoms with Crippen molar-refractivity contribution in [2.45, 2.75) is 57.8 Å². The maximum Gasteiger partial charge on any atom is 0.0781 e. The summed E-state index contributed by atoms with van der Waals surface area (Å²) in [5.74, 6) is 0. The van der Waals surface area contributed by atoms with E-state index in [0.717, 1.165) is 12.8 Å². The van der Waals surface area contributed by atoms with Crippen LogP contribution in [0.3, 0.4) is 0 Å². The summed E-state index contributed by atoms with van der Waals surface area (Å²) >= 11 is 0. The first kappa shape index (κ1) is 15.8. The molecule has 0 spiro atoms. The van der Waals surface area contributed by atoms with Gasteiger partial charge in [-0.15, -0.1) is 0 Å². The van der Waals surface area contributed by atoms with E-state index in [0.29, 0.717) is 26.1 Å². The highest BCUT2D eigenvalue weighted by Gasteiger charge is 2.10. The Bertz CT molecular complexity index is 136. The first-order chi connectivity index (χ1) is 7.60. The third-order valence-electron chi connectivity index (χ3n) is 2.43. The third kappa shape index (κ3) is 9.09. The molecule has 0 radical (unpaired) electrons. The van der Waals surface area contributed by atoms with E-state index in [1.165, 1.54) is 0 Å². The normalized spacial score (nSPS) is 17.1. The average Bonchev–Trinajstić information content (AvgIpc) is 2.24. The maximum atomic E-state index is 9.61. The van der Waals surface area contributed by atoms with E-state index in [-0.39, 0.29) is 12.2 Å². The number of ether oxygens (including phenoxy) is 2. The van der Waals surface area contributed by atoms with Crippen LogP contribution in [-0.2, 0) is 9.47 Å². The number of aliphatic hydroxyl groups is 2. The zero-order valence-electron chi connectivity index (χ0n) is 10.7. The average molecular weight is 234 g/mol. The minimum Gasteiger partial charge on any atom is -0.393 e. The molecule has 2 N–H and O–H groups in total. The van der Waals surface area contributed by atoms with Crippen LogP contribution in [0.4, 0.5) is 0 Å². The summed E-state index contributed by atoms with van der Waals surface area (Å²) in [6.07, 6.45) is 2.20. The molecule has 0 aliphatic heterocycles. The number of rotatable bonds is 10. The van der Waals surface area contributed by atoms with Crippen LogP contribution in [0.15, 0.2) is 0 Å². The lowest BCUT2D eigenvalue weighted by atomic mass is 10.1. The number of hydrogen-bond acceptors (Lipinski definition) is 4. The van der Waals surface area contributed by atoms with Crippen molar-refractivity contribution in [1.29, 1.82) is 0 Å². The second-order valence-corrected chi connectivity index (χ2v) is 4.27. The van der Waals surface area contributed by atoms with Gasteiger partial charge in [0.2, 0.25) is 0 Å². The molecule has 0 saturated carbocycles. The molecule has 98 valence electrons. The fraction of sp³-hybridized carbons (Fsp3) is 1.00. The molecule has 0 aromatic carbocycles. The largest absolute Gasteiger partial charge is 0.393 e. The smallest absolute Gasteiger partial charge is 0.0781 e. The van der Waals surface area contributed by atoms with Crippen LogP contribution in [-0.4, -0.2) is 48.8 Å². The molecule has 16 heavy (non-hydrogen) atoms. The van der Waals surface area contributed by atoms with Gasteiger partial charge in [0.1, 0.15) is 0 Å². The lowest BCUT2D eigenvalue weighted by Crippen LogP contribution is -2.23. The van der Waals surface area contributed by atoms with E-state index in [4.69, 9.17) is 9.47 Å². The zero-order chi connectivity index (χ0) is 12.4. The van der Waals surface area contributed by atoms with Crippen molar-refractivity contribution in [1.82, 2.24) is 0 Å². The highest BCUT2D eigenvalue weighted by Crippen LogP contribution is 2.07. The van der Waals surface area contributed by atoms with E-state index in [9.17, 15) is 10.2 Å². The molecular weight excluding hydrogens is 208 g/mol. The van der Waals surface area contributed by atoms with Crippen molar-refractivity contribution in [3.63, 3.8) is 0 Å². The maximum absolute atomic E-state index is 9.61. The summed E-state index contributed by atoms with van der Waals surface area (Å²) < 4.78 is 10.3. The van der Waals surface area contributed by atoms with Gasteiger partial charge in [-0.1, -0.05) is 13.3 Å². The Morgan fingerprint density at radius 1 is 1.00 bits per heavy atom. The second kappa shape index (κ2) is 10.0. The van der Waals surface area contributed by atoms with Crippen molar-refractivity contribution in [2.75, 3.05) is 20.3 Å². The lowest BCUT2D eigenvalue weighted by Gasteiger charge is -2.17. The van der Waals surface area contributed by atoms with Crippen molar-refractivity contribution in [3.05, 3.63) is 0 Å². The van der Waals surface area contributed by atoms with Crippen molar-refractivity contribution >= 4 is 0 Å². The summed E-state index contributed by atoms with van der Waals surface area (Å²) in [5.41, 5.74) is 0. The summed E-state index contributed by atoms with van der Waals surface area (Å²) in [6, 6.07) is 0. The minimum absolute atomic E-state index is 0.000199. The molecule has 3 unspecified atom stereocenters. The van der Waals surface area contributed by atoms with Crippen molar-refractivity contribution in [2.24, 2.45) is 0 Å². The van der Waals surface area contributed by atoms with Crippen LogP contribution < -0.4 is 0 Å². The monoisotopic (exact) mass is 234 g/mol. The molecule has 0 fully saturated rings. The van der Waals surface area contributed by atoms with Crippen LogP contribution in [0.1, 0.15) is 39.5 Å². The van der Waals surface area contributed by atoms with Crippen LogP contribution in [0.25, 0.3) is 0 Å². The molecule has 0 aliphatic rings. The number of aliphatic hydroxyl groups excluding tert-OH is 2. The predicted octanol–water partition coefficient (Wildman–Crippen LogP) is 1.34. The number of methoxy groups -OCH3 is 1. The van der Waals surface area contributed by atoms with Gasteiger partial charge in [0.15, 0.2) is 0 Å². The van der Waals surface area contributed by atoms with E-state index in [2.05, 4.69) is 0 Å². The molecule has 4 nitrogen and oxygen atoms in total. The minimum atomic E-state index is -0.495. The van der Waals surface area contributed by atoms with Gasteiger partial charge in [-0.05, 0) is 26.2 Å². The zero-order valence-corrected chi connectivity index (χ0v) is 10.7. The fourth-order valence-corrected chi connectivity index (χ4v) is 1.50. The van der Waals surface area contributed by atoms with E-state index in [1.54, 1.807) is 7.11 Å². The van der Waals surface area contributed by atoms with Gasteiger partial charge < -0.3 is 19.7 Å². The van der Waals surface area contributed by atoms with Crippen LogP contribution >= 0.6 is 0 Å². The van der Waals surface area contributed by atoms with Gasteiger partial charge in [-0.2, -0.15) is 0 Å². The highest BCUT2D eigenvalue weighted by atomic mass is 16.5. The van der Waals surface area contributed by atoms with Crippen LogP contribution in [0.5, 0.6) is 0 Å². The molecule has 4 heteroatoms. The molecule has 0 amide bonds. The Kier molecular flexibility index (Phi) is 9.92. The van der Waals surface area contributed by atoms with Crippen molar-refractivity contribution < 1.29 is 19.7 Å². The van der Waals surface area contributed by atoms with Crippen molar-refractivity contribution in [3.8, 4) is 0 Å². The number of hydrogen-bond donors (Lipinski definition) is 2. The van der Waals surface area contributed by atoms with Crippen LogP contribution in [0.2, 0.25) is 0 Å². The van der Waals surface area contributed by atoms with Gasteiger partial charge >= 0.3 is 0 Å². The second-order valence-electron chi connectivity index (χ2n) is 4.27. The third-order valence-corrected chi connectivity index (χ3v) is 2.43.